The molecule has 1 aliphatic rings. The lowest BCUT2D eigenvalue weighted by Gasteiger charge is -2.37. The lowest BCUT2D eigenvalue weighted by Crippen LogP contribution is -2.39. The Kier molecular flexibility index (Phi) is 5.41. The zero-order valence-corrected chi connectivity index (χ0v) is 12.7. The number of hydrogen-bond donors (Lipinski definition) is 1. The lowest BCUT2D eigenvalue weighted by molar-refractivity contribution is 0.443. The van der Waals surface area contributed by atoms with Gasteiger partial charge in [0.15, 0.2) is 0 Å². The predicted octanol–water partition coefficient (Wildman–Crippen LogP) is 3.87. The molecule has 0 spiro atoms. The number of halogens is 1. The smallest absolute Gasteiger partial charge is 0.146 e. The summed E-state index contributed by atoms with van der Waals surface area (Å²) in [5, 5.41) is 0. The molecule has 2 unspecified atom stereocenters. The van der Waals surface area contributed by atoms with E-state index >= 15 is 0 Å². The number of rotatable bonds is 5. The van der Waals surface area contributed by atoms with E-state index in [2.05, 4.69) is 18.7 Å². The summed E-state index contributed by atoms with van der Waals surface area (Å²) in [6.45, 7) is 5.23. The van der Waals surface area contributed by atoms with Crippen molar-refractivity contribution in [2.24, 2.45) is 5.73 Å². The molecule has 20 heavy (non-hydrogen) atoms. The second kappa shape index (κ2) is 7.07. The summed E-state index contributed by atoms with van der Waals surface area (Å²) in [6.07, 6.45) is 6.37. The largest absolute Gasteiger partial charge is 0.366 e. The van der Waals surface area contributed by atoms with Gasteiger partial charge < -0.3 is 10.6 Å². The summed E-state index contributed by atoms with van der Waals surface area (Å²) < 4.78 is 14.4. The molecule has 0 saturated carbocycles. The fourth-order valence-electron chi connectivity index (χ4n) is 3.10. The minimum atomic E-state index is -0.0915. The summed E-state index contributed by atoms with van der Waals surface area (Å²) in [7, 11) is 0. The molecule has 3 heteroatoms. The number of anilines is 1. The van der Waals surface area contributed by atoms with Gasteiger partial charge >= 0.3 is 0 Å². The molecule has 1 aromatic rings. The molecule has 2 atom stereocenters. The van der Waals surface area contributed by atoms with Crippen LogP contribution in [0.15, 0.2) is 18.2 Å². The van der Waals surface area contributed by atoms with Crippen LogP contribution in [0.4, 0.5) is 10.1 Å². The van der Waals surface area contributed by atoms with Crippen LogP contribution in [0.25, 0.3) is 0 Å². The first kappa shape index (κ1) is 15.3. The molecule has 112 valence electrons. The Hall–Kier alpha value is -1.09. The number of nitrogens with zero attached hydrogens (tertiary/aromatic N) is 1. The normalized spacial score (nSPS) is 21.0. The maximum atomic E-state index is 14.4. The fourth-order valence-corrected chi connectivity index (χ4v) is 3.10. The molecule has 0 radical (unpaired) electrons. The van der Waals surface area contributed by atoms with Crippen LogP contribution in [0.3, 0.4) is 0 Å². The van der Waals surface area contributed by atoms with Crippen LogP contribution in [0.1, 0.15) is 51.5 Å². The molecular formula is C17H27FN2. The van der Waals surface area contributed by atoms with Gasteiger partial charge in [-0.2, -0.15) is 0 Å². The van der Waals surface area contributed by atoms with E-state index in [4.69, 9.17) is 5.73 Å². The van der Waals surface area contributed by atoms with E-state index in [1.54, 1.807) is 6.07 Å². The van der Waals surface area contributed by atoms with E-state index < -0.39 is 0 Å². The van der Waals surface area contributed by atoms with Crippen molar-refractivity contribution in [3.05, 3.63) is 29.6 Å². The van der Waals surface area contributed by atoms with Gasteiger partial charge in [0.05, 0.1) is 5.69 Å². The number of nitrogens with two attached hydrogens (primary N) is 1. The Morgan fingerprint density at radius 3 is 2.80 bits per heavy atom. The van der Waals surface area contributed by atoms with Gasteiger partial charge in [0.2, 0.25) is 0 Å². The summed E-state index contributed by atoms with van der Waals surface area (Å²) in [5.74, 6) is -0.0915. The highest BCUT2D eigenvalue weighted by molar-refractivity contribution is 5.50. The van der Waals surface area contributed by atoms with Crippen molar-refractivity contribution in [1.29, 1.82) is 0 Å². The quantitative estimate of drug-likeness (QED) is 0.885. The number of piperidine rings is 1. The monoisotopic (exact) mass is 278 g/mol. The van der Waals surface area contributed by atoms with E-state index in [0.29, 0.717) is 6.04 Å². The van der Waals surface area contributed by atoms with Crippen LogP contribution in [-0.2, 0) is 6.42 Å². The molecule has 1 aliphatic heterocycles. The molecule has 0 aromatic heterocycles. The maximum absolute atomic E-state index is 14.4. The number of benzene rings is 1. The van der Waals surface area contributed by atoms with E-state index in [1.807, 2.05) is 12.1 Å². The van der Waals surface area contributed by atoms with Crippen molar-refractivity contribution in [1.82, 2.24) is 0 Å². The first-order valence-corrected chi connectivity index (χ1v) is 7.96. The van der Waals surface area contributed by atoms with Crippen LogP contribution in [0.5, 0.6) is 0 Å². The zero-order chi connectivity index (χ0) is 14.5. The summed E-state index contributed by atoms with van der Waals surface area (Å²) in [6, 6.07) is 6.27. The second-order valence-electron chi connectivity index (χ2n) is 5.91. The molecule has 0 aliphatic carbocycles. The molecular weight excluding hydrogens is 251 g/mol. The first-order chi connectivity index (χ1) is 9.65. The van der Waals surface area contributed by atoms with Gasteiger partial charge in [-0.1, -0.05) is 19.9 Å². The highest BCUT2D eigenvalue weighted by Crippen LogP contribution is 2.29. The van der Waals surface area contributed by atoms with Gasteiger partial charge in [0.25, 0.3) is 0 Å². The van der Waals surface area contributed by atoms with Crippen LogP contribution in [-0.4, -0.2) is 18.6 Å². The van der Waals surface area contributed by atoms with Crippen LogP contribution in [0.2, 0.25) is 0 Å². The predicted molar refractivity (Wildman–Crippen MR) is 83.6 cm³/mol. The minimum absolute atomic E-state index is 0.0915. The van der Waals surface area contributed by atoms with Gasteiger partial charge in [0.1, 0.15) is 5.82 Å². The third-order valence-electron chi connectivity index (χ3n) is 4.44. The summed E-state index contributed by atoms with van der Waals surface area (Å²) >= 11 is 0. The van der Waals surface area contributed by atoms with E-state index in [1.165, 1.54) is 19.3 Å². The second-order valence-corrected chi connectivity index (χ2v) is 5.91. The Bertz CT molecular complexity index is 433. The Morgan fingerprint density at radius 1 is 1.35 bits per heavy atom. The van der Waals surface area contributed by atoms with Crippen molar-refractivity contribution in [3.8, 4) is 0 Å². The Morgan fingerprint density at radius 2 is 2.15 bits per heavy atom. The molecule has 1 saturated heterocycles. The molecule has 2 nitrogen and oxygen atoms in total. The summed E-state index contributed by atoms with van der Waals surface area (Å²) in [5.41, 5.74) is 7.72. The Balaban J connectivity index is 2.16. The highest BCUT2D eigenvalue weighted by Gasteiger charge is 2.23. The molecule has 0 amide bonds. The molecule has 1 fully saturated rings. The topological polar surface area (TPSA) is 29.3 Å². The summed E-state index contributed by atoms with van der Waals surface area (Å²) in [4.78, 5) is 2.25. The van der Waals surface area contributed by atoms with Crippen LogP contribution >= 0.6 is 0 Å². The van der Waals surface area contributed by atoms with Gasteiger partial charge in [-0.3, -0.25) is 0 Å². The molecule has 2 rings (SSSR count). The SMILES string of the molecule is CCC(N)Cc1ccc(N2CCCCC2CC)c(F)c1. The van der Waals surface area contributed by atoms with Crippen LogP contribution in [0, 0.1) is 5.82 Å². The average molecular weight is 278 g/mol. The van der Waals surface area contributed by atoms with Gasteiger partial charge in [-0.05, 0) is 56.2 Å². The maximum Gasteiger partial charge on any atom is 0.146 e. The van der Waals surface area contributed by atoms with Crippen LogP contribution < -0.4 is 10.6 Å². The third-order valence-corrected chi connectivity index (χ3v) is 4.44. The van der Waals surface area contributed by atoms with Crippen molar-refractivity contribution >= 4 is 5.69 Å². The van der Waals surface area contributed by atoms with Gasteiger partial charge in [-0.15, -0.1) is 0 Å². The average Bonchev–Trinajstić information content (AvgIpc) is 2.47. The standard InChI is InChI=1S/C17H27FN2/c1-3-14(19)11-13-8-9-17(16(18)12-13)20-10-6-5-7-15(20)4-2/h8-9,12,14-15H,3-7,10-11,19H2,1-2H3. The van der Waals surface area contributed by atoms with Crippen molar-refractivity contribution in [2.45, 2.75) is 64.5 Å². The van der Waals surface area contributed by atoms with Crippen molar-refractivity contribution in [2.75, 3.05) is 11.4 Å². The highest BCUT2D eigenvalue weighted by atomic mass is 19.1. The fraction of sp³-hybridized carbons (Fsp3) is 0.647. The molecule has 1 heterocycles. The lowest BCUT2D eigenvalue weighted by atomic mass is 9.98. The zero-order valence-electron chi connectivity index (χ0n) is 12.7. The number of hydrogen-bond acceptors (Lipinski definition) is 2. The Labute approximate surface area is 122 Å². The van der Waals surface area contributed by atoms with Gasteiger partial charge in [-0.25, -0.2) is 4.39 Å². The van der Waals surface area contributed by atoms with E-state index in [-0.39, 0.29) is 11.9 Å². The van der Waals surface area contributed by atoms with Crippen molar-refractivity contribution < 1.29 is 4.39 Å². The third kappa shape index (κ3) is 3.51. The van der Waals surface area contributed by atoms with E-state index in [9.17, 15) is 4.39 Å². The first-order valence-electron chi connectivity index (χ1n) is 7.96. The van der Waals surface area contributed by atoms with Crippen molar-refractivity contribution in [3.63, 3.8) is 0 Å². The molecule has 0 bridgehead atoms. The minimum Gasteiger partial charge on any atom is -0.366 e. The van der Waals surface area contributed by atoms with Gasteiger partial charge in [0, 0.05) is 18.6 Å². The molecule has 1 aromatic carbocycles. The molecule has 2 N–H and O–H groups in total. The van der Waals surface area contributed by atoms with E-state index in [0.717, 1.165) is 37.1 Å².